The largest absolute Gasteiger partial charge is 0.465 e. The molecule has 0 aliphatic rings. The Bertz CT molecular complexity index is 181. The highest BCUT2D eigenvalue weighted by Gasteiger charge is 2.20. The van der Waals surface area contributed by atoms with E-state index in [1.165, 1.54) is 0 Å². The zero-order valence-corrected chi connectivity index (χ0v) is 7.20. The Labute approximate surface area is 70.9 Å². The third-order valence-corrected chi connectivity index (χ3v) is 1.79. The first-order valence-electron chi connectivity index (χ1n) is 3.78. The van der Waals surface area contributed by atoms with E-state index in [1.807, 2.05) is 6.92 Å². The van der Waals surface area contributed by atoms with Gasteiger partial charge in [-0.05, 0) is 5.92 Å². The minimum atomic E-state index is -1.36. The molecule has 2 atom stereocenters. The predicted molar refractivity (Wildman–Crippen MR) is 43.6 cm³/mol. The molecule has 0 heterocycles. The summed E-state index contributed by atoms with van der Waals surface area (Å²) < 4.78 is 0. The first-order chi connectivity index (χ1) is 5.49. The number of imide groups is 1. The first kappa shape index (κ1) is 10.9. The van der Waals surface area contributed by atoms with Crippen molar-refractivity contribution in [2.45, 2.75) is 26.3 Å². The maximum atomic E-state index is 10.9. The minimum Gasteiger partial charge on any atom is -0.465 e. The lowest BCUT2D eigenvalue weighted by Crippen LogP contribution is -2.46. The summed E-state index contributed by atoms with van der Waals surface area (Å²) in [5, 5.41) is 9.91. The molecule has 0 radical (unpaired) electrons. The van der Waals surface area contributed by atoms with Gasteiger partial charge in [-0.3, -0.25) is 10.1 Å². The van der Waals surface area contributed by atoms with E-state index in [0.717, 1.165) is 6.42 Å². The molecule has 0 aliphatic carbocycles. The third kappa shape index (κ3) is 3.34. The van der Waals surface area contributed by atoms with Crippen molar-refractivity contribution in [3.05, 3.63) is 0 Å². The Morgan fingerprint density at radius 3 is 2.42 bits per heavy atom. The SMILES string of the molecule is CC[C@H](C)[C@H](N)C(=O)NC(=O)O. The van der Waals surface area contributed by atoms with E-state index < -0.39 is 18.0 Å². The van der Waals surface area contributed by atoms with Gasteiger partial charge in [0.2, 0.25) is 5.91 Å². The molecule has 0 rings (SSSR count). The van der Waals surface area contributed by atoms with Crippen LogP contribution in [0, 0.1) is 5.92 Å². The molecule has 0 aromatic rings. The predicted octanol–water partition coefficient (Wildman–Crippen LogP) is 0.154. The summed E-state index contributed by atoms with van der Waals surface area (Å²) in [6.45, 7) is 3.69. The van der Waals surface area contributed by atoms with Gasteiger partial charge in [-0.15, -0.1) is 0 Å². The summed E-state index contributed by atoms with van der Waals surface area (Å²) in [7, 11) is 0. The van der Waals surface area contributed by atoms with E-state index in [0.29, 0.717) is 0 Å². The number of amides is 2. The standard InChI is InChI=1S/C7H14N2O3/c1-3-4(2)5(8)6(10)9-7(11)12/h4-5H,3,8H2,1-2H3,(H,9,10)(H,11,12)/t4-,5-/m0/s1. The van der Waals surface area contributed by atoms with Gasteiger partial charge in [0, 0.05) is 0 Å². The van der Waals surface area contributed by atoms with Crippen molar-refractivity contribution in [2.24, 2.45) is 11.7 Å². The first-order valence-corrected chi connectivity index (χ1v) is 3.78. The second-order valence-electron chi connectivity index (χ2n) is 2.71. The summed E-state index contributed by atoms with van der Waals surface area (Å²) >= 11 is 0. The van der Waals surface area contributed by atoms with Crippen molar-refractivity contribution in [1.82, 2.24) is 5.32 Å². The fourth-order valence-corrected chi connectivity index (χ4v) is 0.701. The van der Waals surface area contributed by atoms with Gasteiger partial charge in [-0.2, -0.15) is 0 Å². The average molecular weight is 174 g/mol. The monoisotopic (exact) mass is 174 g/mol. The smallest absolute Gasteiger partial charge is 0.411 e. The van der Waals surface area contributed by atoms with Gasteiger partial charge in [0.1, 0.15) is 0 Å². The topological polar surface area (TPSA) is 92.4 Å². The Kier molecular flexibility index (Phi) is 4.28. The molecule has 2 amide bonds. The Morgan fingerprint density at radius 1 is 1.58 bits per heavy atom. The number of rotatable bonds is 3. The number of nitrogens with one attached hydrogen (secondary N) is 1. The molecular formula is C7H14N2O3. The normalized spacial score (nSPS) is 14.9. The lowest BCUT2D eigenvalue weighted by atomic mass is 10.00. The maximum absolute atomic E-state index is 10.9. The molecule has 4 N–H and O–H groups in total. The molecule has 0 bridgehead atoms. The fourth-order valence-electron chi connectivity index (χ4n) is 0.701. The molecule has 0 spiro atoms. The number of hydrogen-bond acceptors (Lipinski definition) is 3. The number of nitrogens with two attached hydrogens (primary N) is 1. The van der Waals surface area contributed by atoms with Crippen LogP contribution in [0.25, 0.3) is 0 Å². The molecule has 70 valence electrons. The van der Waals surface area contributed by atoms with E-state index in [4.69, 9.17) is 10.8 Å². The minimum absolute atomic E-state index is 0.00986. The quantitative estimate of drug-likeness (QED) is 0.568. The molecule has 0 aromatic carbocycles. The zero-order valence-electron chi connectivity index (χ0n) is 7.20. The van der Waals surface area contributed by atoms with Gasteiger partial charge < -0.3 is 10.8 Å². The van der Waals surface area contributed by atoms with Gasteiger partial charge in [-0.1, -0.05) is 20.3 Å². The summed E-state index contributed by atoms with van der Waals surface area (Å²) in [6.07, 6.45) is -0.618. The van der Waals surface area contributed by atoms with Gasteiger partial charge in [0.25, 0.3) is 0 Å². The second kappa shape index (κ2) is 4.71. The van der Waals surface area contributed by atoms with Gasteiger partial charge in [0.15, 0.2) is 0 Å². The zero-order chi connectivity index (χ0) is 9.72. The van der Waals surface area contributed by atoms with Crippen LogP contribution in [0.1, 0.15) is 20.3 Å². The summed E-state index contributed by atoms with van der Waals surface area (Å²) in [5.41, 5.74) is 5.44. The van der Waals surface area contributed by atoms with Crippen LogP contribution in [0.3, 0.4) is 0 Å². The summed E-state index contributed by atoms with van der Waals surface area (Å²) in [5.74, 6) is -0.652. The number of hydrogen-bond donors (Lipinski definition) is 3. The summed E-state index contributed by atoms with van der Waals surface area (Å²) in [4.78, 5) is 21.0. The van der Waals surface area contributed by atoms with E-state index in [-0.39, 0.29) is 5.92 Å². The van der Waals surface area contributed by atoms with E-state index in [2.05, 4.69) is 0 Å². The summed E-state index contributed by atoms with van der Waals surface area (Å²) in [6, 6.07) is -0.744. The van der Waals surface area contributed by atoms with Crippen molar-refractivity contribution >= 4 is 12.0 Å². The molecule has 0 saturated carbocycles. The van der Waals surface area contributed by atoms with Crippen LogP contribution in [0.5, 0.6) is 0 Å². The van der Waals surface area contributed by atoms with Crippen LogP contribution < -0.4 is 11.1 Å². The lowest BCUT2D eigenvalue weighted by molar-refractivity contribution is -0.122. The van der Waals surface area contributed by atoms with Crippen molar-refractivity contribution in [1.29, 1.82) is 0 Å². The van der Waals surface area contributed by atoms with E-state index >= 15 is 0 Å². The molecular weight excluding hydrogens is 160 g/mol. The average Bonchev–Trinajstić information content (AvgIpc) is 2.00. The van der Waals surface area contributed by atoms with E-state index in [1.54, 1.807) is 12.2 Å². The van der Waals surface area contributed by atoms with Crippen LogP contribution in [-0.4, -0.2) is 23.1 Å². The second-order valence-corrected chi connectivity index (χ2v) is 2.71. The number of carbonyl (C=O) groups excluding carboxylic acids is 1. The molecule has 0 fully saturated rings. The molecule has 0 saturated heterocycles. The molecule has 5 heteroatoms. The lowest BCUT2D eigenvalue weighted by Gasteiger charge is -2.15. The number of carboxylic acid groups (broad SMARTS) is 1. The van der Waals surface area contributed by atoms with E-state index in [9.17, 15) is 9.59 Å². The van der Waals surface area contributed by atoms with Crippen LogP contribution in [0.2, 0.25) is 0 Å². The fraction of sp³-hybridized carbons (Fsp3) is 0.714. The molecule has 0 unspecified atom stereocenters. The van der Waals surface area contributed by atoms with Crippen molar-refractivity contribution in [2.75, 3.05) is 0 Å². The highest BCUT2D eigenvalue weighted by Crippen LogP contribution is 2.04. The Morgan fingerprint density at radius 2 is 2.08 bits per heavy atom. The molecule has 0 aromatic heterocycles. The van der Waals surface area contributed by atoms with Crippen LogP contribution in [0.15, 0.2) is 0 Å². The van der Waals surface area contributed by atoms with Crippen molar-refractivity contribution < 1.29 is 14.7 Å². The molecule has 0 aliphatic heterocycles. The highest BCUT2D eigenvalue weighted by molar-refractivity contribution is 5.94. The molecule has 5 nitrogen and oxygen atoms in total. The molecule has 12 heavy (non-hydrogen) atoms. The van der Waals surface area contributed by atoms with Gasteiger partial charge in [-0.25, -0.2) is 4.79 Å². The van der Waals surface area contributed by atoms with Gasteiger partial charge in [0.05, 0.1) is 6.04 Å². The Hall–Kier alpha value is -1.10. The van der Waals surface area contributed by atoms with Crippen molar-refractivity contribution in [3.63, 3.8) is 0 Å². The third-order valence-electron chi connectivity index (χ3n) is 1.79. The number of carbonyl (C=O) groups is 2. The van der Waals surface area contributed by atoms with Crippen LogP contribution >= 0.6 is 0 Å². The van der Waals surface area contributed by atoms with Crippen LogP contribution in [0.4, 0.5) is 4.79 Å². The highest BCUT2D eigenvalue weighted by atomic mass is 16.4. The van der Waals surface area contributed by atoms with Crippen LogP contribution in [-0.2, 0) is 4.79 Å². The maximum Gasteiger partial charge on any atom is 0.411 e. The Balaban J connectivity index is 4.01. The van der Waals surface area contributed by atoms with Crippen molar-refractivity contribution in [3.8, 4) is 0 Å². The van der Waals surface area contributed by atoms with Gasteiger partial charge >= 0.3 is 6.09 Å².